The van der Waals surface area contributed by atoms with Gasteiger partial charge in [0.1, 0.15) is 0 Å². The van der Waals surface area contributed by atoms with Crippen LogP contribution in [-0.4, -0.2) is 18.9 Å². The molecule has 48 valence electrons. The second kappa shape index (κ2) is 2.16. The van der Waals surface area contributed by atoms with Crippen molar-refractivity contribution in [2.24, 2.45) is 10.9 Å². The Balaban J connectivity index is 0.000000640. The van der Waals surface area contributed by atoms with Crippen molar-refractivity contribution in [1.82, 2.24) is 5.32 Å². The third-order valence-electron chi connectivity index (χ3n) is 1.25. The van der Waals surface area contributed by atoms with Crippen LogP contribution in [0, 0.1) is 5.92 Å². The van der Waals surface area contributed by atoms with Gasteiger partial charge in [-0.25, -0.2) is 0 Å². The molecule has 0 bridgehead atoms. The highest BCUT2D eigenvalue weighted by Crippen LogP contribution is 1.97. The minimum absolute atomic E-state index is 0. The average Bonchev–Trinajstić information content (AvgIpc) is 2.12. The molecule has 1 rings (SSSR count). The molecule has 0 saturated heterocycles. The summed E-state index contributed by atoms with van der Waals surface area (Å²) in [5, 5.41) is 3.21. The molecular weight excluding hydrogens is 100 g/mol. The summed E-state index contributed by atoms with van der Waals surface area (Å²) in [7, 11) is 0. The van der Waals surface area contributed by atoms with E-state index in [1.165, 1.54) is 5.84 Å². The van der Waals surface area contributed by atoms with E-state index >= 15 is 0 Å². The summed E-state index contributed by atoms with van der Waals surface area (Å²) in [6.45, 7) is 6.30. The molecule has 0 aromatic carbocycles. The van der Waals surface area contributed by atoms with E-state index in [-0.39, 0.29) is 1.43 Å². The second-order valence-electron chi connectivity index (χ2n) is 2.35. The fraction of sp³-hybridized carbons (Fsp3) is 0.833. The van der Waals surface area contributed by atoms with Crippen molar-refractivity contribution < 1.29 is 1.43 Å². The Morgan fingerprint density at radius 3 is 2.75 bits per heavy atom. The summed E-state index contributed by atoms with van der Waals surface area (Å²) < 4.78 is 0. The minimum atomic E-state index is 0. The molecule has 1 aliphatic rings. The minimum Gasteiger partial charge on any atom is -0.372 e. The standard InChI is InChI=1S/C6H12N2.H2/c1-5(2)6-7-3-4-8-6;/h5H,3-4H2,1-2H3,(H,7,8);1H. The van der Waals surface area contributed by atoms with E-state index in [1.54, 1.807) is 0 Å². The Morgan fingerprint density at radius 2 is 2.50 bits per heavy atom. The molecule has 1 heterocycles. The molecule has 0 amide bonds. The van der Waals surface area contributed by atoms with Crippen LogP contribution in [0.2, 0.25) is 0 Å². The number of nitrogens with one attached hydrogen (secondary N) is 1. The Kier molecular flexibility index (Phi) is 1.51. The summed E-state index contributed by atoms with van der Waals surface area (Å²) in [6.07, 6.45) is 0. The Morgan fingerprint density at radius 1 is 1.75 bits per heavy atom. The zero-order valence-electron chi connectivity index (χ0n) is 5.44. The normalized spacial score (nSPS) is 18.6. The number of rotatable bonds is 1. The first-order valence-corrected chi connectivity index (χ1v) is 3.09. The van der Waals surface area contributed by atoms with Crippen LogP contribution in [0.4, 0.5) is 0 Å². The Bertz CT molecular complexity index is 110. The smallest absolute Gasteiger partial charge is 0.0990 e. The molecule has 8 heavy (non-hydrogen) atoms. The maximum absolute atomic E-state index is 4.24. The summed E-state index contributed by atoms with van der Waals surface area (Å²) in [6, 6.07) is 0. The van der Waals surface area contributed by atoms with Crippen molar-refractivity contribution >= 4 is 5.84 Å². The molecule has 0 aromatic heterocycles. The highest BCUT2D eigenvalue weighted by Gasteiger charge is 2.06. The van der Waals surface area contributed by atoms with Gasteiger partial charge in [-0.05, 0) is 0 Å². The molecule has 2 nitrogen and oxygen atoms in total. The summed E-state index contributed by atoms with van der Waals surface area (Å²) in [5.74, 6) is 1.75. The lowest BCUT2D eigenvalue weighted by Crippen LogP contribution is -2.23. The highest BCUT2D eigenvalue weighted by molar-refractivity contribution is 5.85. The van der Waals surface area contributed by atoms with E-state index in [2.05, 4.69) is 24.2 Å². The van der Waals surface area contributed by atoms with E-state index in [1.807, 2.05) is 0 Å². The van der Waals surface area contributed by atoms with Gasteiger partial charge in [0.15, 0.2) is 0 Å². The molecule has 1 aliphatic heterocycles. The van der Waals surface area contributed by atoms with Gasteiger partial charge in [0, 0.05) is 13.9 Å². The van der Waals surface area contributed by atoms with Crippen LogP contribution >= 0.6 is 0 Å². The van der Waals surface area contributed by atoms with Crippen molar-refractivity contribution in [2.75, 3.05) is 13.1 Å². The predicted molar refractivity (Wildman–Crippen MR) is 37.3 cm³/mol. The SMILES string of the molecule is CC(C)C1=NCCN1.[HH]. The van der Waals surface area contributed by atoms with Crippen LogP contribution in [0.1, 0.15) is 15.3 Å². The zero-order valence-corrected chi connectivity index (χ0v) is 5.44. The number of aliphatic imine (C=N–C) groups is 1. The lowest BCUT2D eigenvalue weighted by molar-refractivity contribution is 0.838. The molecule has 0 unspecified atom stereocenters. The first-order valence-electron chi connectivity index (χ1n) is 3.09. The molecule has 0 aliphatic carbocycles. The van der Waals surface area contributed by atoms with Crippen LogP contribution in [0.3, 0.4) is 0 Å². The average molecular weight is 114 g/mol. The number of hydrogen-bond acceptors (Lipinski definition) is 2. The third kappa shape index (κ3) is 0.997. The monoisotopic (exact) mass is 114 g/mol. The fourth-order valence-electron chi connectivity index (χ4n) is 0.803. The lowest BCUT2D eigenvalue weighted by atomic mass is 10.2. The molecular formula is C6H14N2. The van der Waals surface area contributed by atoms with Gasteiger partial charge in [0.2, 0.25) is 0 Å². The van der Waals surface area contributed by atoms with Gasteiger partial charge in [-0.1, -0.05) is 13.8 Å². The Labute approximate surface area is 51.5 Å². The summed E-state index contributed by atoms with van der Waals surface area (Å²) in [4.78, 5) is 4.24. The maximum Gasteiger partial charge on any atom is 0.0990 e. The van der Waals surface area contributed by atoms with Gasteiger partial charge in [0.25, 0.3) is 0 Å². The van der Waals surface area contributed by atoms with Gasteiger partial charge in [-0.3, -0.25) is 4.99 Å². The Hall–Kier alpha value is -0.530. The predicted octanol–water partition coefficient (Wildman–Crippen LogP) is 0.890. The largest absolute Gasteiger partial charge is 0.372 e. The van der Waals surface area contributed by atoms with E-state index in [0.717, 1.165) is 13.1 Å². The van der Waals surface area contributed by atoms with Gasteiger partial charge < -0.3 is 5.32 Å². The van der Waals surface area contributed by atoms with Crippen LogP contribution in [0.15, 0.2) is 4.99 Å². The first-order chi connectivity index (χ1) is 3.80. The summed E-state index contributed by atoms with van der Waals surface area (Å²) in [5.41, 5.74) is 0. The molecule has 0 saturated carbocycles. The zero-order chi connectivity index (χ0) is 5.98. The molecule has 0 atom stereocenters. The van der Waals surface area contributed by atoms with E-state index in [9.17, 15) is 0 Å². The number of nitrogens with zero attached hydrogens (tertiary/aromatic N) is 1. The summed E-state index contributed by atoms with van der Waals surface area (Å²) >= 11 is 0. The quantitative estimate of drug-likeness (QED) is 0.538. The van der Waals surface area contributed by atoms with Gasteiger partial charge in [-0.15, -0.1) is 0 Å². The van der Waals surface area contributed by atoms with E-state index in [4.69, 9.17) is 0 Å². The van der Waals surface area contributed by atoms with Gasteiger partial charge in [-0.2, -0.15) is 0 Å². The highest BCUT2D eigenvalue weighted by atomic mass is 15.1. The first kappa shape index (κ1) is 5.60. The van der Waals surface area contributed by atoms with Crippen molar-refractivity contribution in [1.29, 1.82) is 0 Å². The van der Waals surface area contributed by atoms with Crippen LogP contribution in [0.5, 0.6) is 0 Å². The van der Waals surface area contributed by atoms with Gasteiger partial charge >= 0.3 is 0 Å². The van der Waals surface area contributed by atoms with E-state index < -0.39 is 0 Å². The van der Waals surface area contributed by atoms with Crippen LogP contribution < -0.4 is 5.32 Å². The number of amidine groups is 1. The van der Waals surface area contributed by atoms with E-state index in [0.29, 0.717) is 5.92 Å². The molecule has 0 aromatic rings. The molecule has 2 heteroatoms. The second-order valence-corrected chi connectivity index (χ2v) is 2.35. The van der Waals surface area contributed by atoms with Crippen LogP contribution in [0.25, 0.3) is 0 Å². The van der Waals surface area contributed by atoms with Crippen molar-refractivity contribution in [3.8, 4) is 0 Å². The number of hydrogen-bond donors (Lipinski definition) is 1. The van der Waals surface area contributed by atoms with Gasteiger partial charge in [0.05, 0.1) is 12.4 Å². The fourth-order valence-corrected chi connectivity index (χ4v) is 0.803. The lowest BCUT2D eigenvalue weighted by Gasteiger charge is -2.02. The topological polar surface area (TPSA) is 24.4 Å². The molecule has 1 N–H and O–H groups in total. The van der Waals surface area contributed by atoms with Crippen LogP contribution in [-0.2, 0) is 0 Å². The van der Waals surface area contributed by atoms with Crippen molar-refractivity contribution in [2.45, 2.75) is 13.8 Å². The third-order valence-corrected chi connectivity index (χ3v) is 1.25. The molecule has 0 spiro atoms. The van der Waals surface area contributed by atoms with Crippen molar-refractivity contribution in [3.63, 3.8) is 0 Å². The molecule has 0 radical (unpaired) electrons. The van der Waals surface area contributed by atoms with Crippen molar-refractivity contribution in [3.05, 3.63) is 0 Å². The molecule has 0 fully saturated rings. The maximum atomic E-state index is 4.24.